The van der Waals surface area contributed by atoms with Gasteiger partial charge >= 0.3 is 59.6 Å². The third-order valence-electron chi connectivity index (χ3n) is 0. The molecule has 0 fully saturated rings. The Balaban J connectivity index is -0.0000000233. The summed E-state index contributed by atoms with van der Waals surface area (Å²) in [6, 6.07) is 0. The van der Waals surface area contributed by atoms with Gasteiger partial charge in [-0.3, -0.25) is 0 Å². The first-order chi connectivity index (χ1) is 3.15. The summed E-state index contributed by atoms with van der Waals surface area (Å²) in [6.45, 7) is 2.04. The molecule has 0 saturated carbocycles. The zero-order valence-corrected chi connectivity index (χ0v) is 10.4. The SMILES string of the molecule is CC[SH2+].O=[P+]([O-])O.[K+].[OH-]. The Morgan fingerprint density at radius 1 is 1.78 bits per heavy atom. The fraction of sp³-hybridized carbons (Fsp3) is 1.00. The van der Waals surface area contributed by atoms with Crippen molar-refractivity contribution in [2.45, 2.75) is 6.92 Å². The summed E-state index contributed by atoms with van der Waals surface area (Å²) < 4.78 is 8.59. The maximum absolute atomic E-state index is 8.59. The van der Waals surface area contributed by atoms with Crippen molar-refractivity contribution >= 4 is 20.9 Å². The molecule has 2 N–H and O–H groups in total. The zero-order valence-electron chi connectivity index (χ0n) is 5.37. The first-order valence-electron chi connectivity index (χ1n) is 1.63. The van der Waals surface area contributed by atoms with Gasteiger partial charge in [0.2, 0.25) is 0 Å². The Bertz CT molecular complexity index is 49.8. The Morgan fingerprint density at radius 2 is 1.78 bits per heavy atom. The Labute approximate surface area is 103 Å². The van der Waals surface area contributed by atoms with Crippen molar-refractivity contribution in [1.29, 1.82) is 0 Å². The van der Waals surface area contributed by atoms with Crippen LogP contribution in [-0.2, 0) is 17.2 Å². The van der Waals surface area contributed by atoms with E-state index >= 15 is 0 Å². The minimum Gasteiger partial charge on any atom is -0.870 e. The van der Waals surface area contributed by atoms with Crippen LogP contribution in [0, 0.1) is 0 Å². The summed E-state index contributed by atoms with van der Waals surface area (Å²) in [5.41, 5.74) is 0. The molecule has 0 amide bonds. The van der Waals surface area contributed by atoms with Crippen LogP contribution < -0.4 is 56.3 Å². The van der Waals surface area contributed by atoms with E-state index in [2.05, 4.69) is 12.6 Å². The summed E-state index contributed by atoms with van der Waals surface area (Å²) >= 11 is 3.18. The first kappa shape index (κ1) is 22.4. The summed E-state index contributed by atoms with van der Waals surface area (Å²) in [6.07, 6.45) is 0. The third-order valence-corrected chi connectivity index (χ3v) is 0. The number of hydrogen-bond donors (Lipinski definition) is 1. The van der Waals surface area contributed by atoms with Crippen LogP contribution in [0.4, 0.5) is 0 Å². The molecule has 0 spiro atoms. The Hall–Kier alpha value is 1.97. The average molecular weight is 199 g/mol. The molecule has 0 saturated heterocycles. The molecule has 0 aromatic carbocycles. The molecule has 7 heteroatoms. The molecule has 0 rings (SSSR count). The summed E-state index contributed by atoms with van der Waals surface area (Å²) in [7, 11) is -3.12. The normalized spacial score (nSPS) is 6.89. The molecular formula is C2H9KO4PS+. The van der Waals surface area contributed by atoms with Crippen molar-refractivity contribution in [3.63, 3.8) is 0 Å². The van der Waals surface area contributed by atoms with Gasteiger partial charge in [-0.1, -0.05) is 0 Å². The Morgan fingerprint density at radius 3 is 1.78 bits per heavy atom. The van der Waals surface area contributed by atoms with Crippen LogP contribution in [0.15, 0.2) is 0 Å². The molecular weight excluding hydrogens is 190 g/mol. The van der Waals surface area contributed by atoms with Crippen molar-refractivity contribution < 1.29 is 71.2 Å². The van der Waals surface area contributed by atoms with Gasteiger partial charge in [-0.2, -0.15) is 4.89 Å². The largest absolute Gasteiger partial charge is 1.00 e. The van der Waals surface area contributed by atoms with Crippen molar-refractivity contribution in [3.8, 4) is 0 Å². The molecule has 4 nitrogen and oxygen atoms in total. The third kappa shape index (κ3) is 164. The van der Waals surface area contributed by atoms with E-state index in [0.29, 0.717) is 0 Å². The van der Waals surface area contributed by atoms with Crippen molar-refractivity contribution in [2.75, 3.05) is 5.75 Å². The summed E-state index contributed by atoms with van der Waals surface area (Å²) in [5, 5.41) is 0. The van der Waals surface area contributed by atoms with E-state index in [9.17, 15) is 0 Å². The number of hydrogen-bond acceptors (Lipinski definition) is 3. The monoisotopic (exact) mass is 199 g/mol. The predicted octanol–water partition coefficient (Wildman–Crippen LogP) is -4.16. The fourth-order valence-corrected chi connectivity index (χ4v) is 0. The molecule has 0 radical (unpaired) electrons. The molecule has 9 heavy (non-hydrogen) atoms. The molecule has 0 aliphatic heterocycles. The summed E-state index contributed by atoms with van der Waals surface area (Å²) in [4.78, 5) is 15.6. The second-order valence-corrected chi connectivity index (χ2v) is 1.77. The standard InChI is InChI=1S/C2H6S.K.HO3P.H2O/c1-2-3;;1-4(2)3;/h3H,2H2,1H3;;(H,1,2,3);1H2/q;+1;;. The quantitative estimate of drug-likeness (QED) is 0.243. The van der Waals surface area contributed by atoms with E-state index in [4.69, 9.17) is 14.4 Å². The van der Waals surface area contributed by atoms with Gasteiger partial charge in [-0.05, 0) is 24.1 Å². The van der Waals surface area contributed by atoms with Crippen LogP contribution in [0.5, 0.6) is 0 Å². The maximum Gasteiger partial charge on any atom is 1.00 e. The van der Waals surface area contributed by atoms with Crippen LogP contribution in [0.3, 0.4) is 0 Å². The molecule has 0 aromatic rings. The van der Waals surface area contributed by atoms with Crippen LogP contribution in [0.1, 0.15) is 6.92 Å². The van der Waals surface area contributed by atoms with E-state index in [1.807, 2.05) is 6.92 Å². The van der Waals surface area contributed by atoms with Crippen LogP contribution in [0.2, 0.25) is 0 Å². The predicted molar refractivity (Wildman–Crippen MR) is 32.5 cm³/mol. The van der Waals surface area contributed by atoms with E-state index in [1.54, 1.807) is 0 Å². The van der Waals surface area contributed by atoms with Gasteiger partial charge in [0.25, 0.3) is 0 Å². The van der Waals surface area contributed by atoms with Gasteiger partial charge in [0.1, 0.15) is 5.75 Å². The minimum absolute atomic E-state index is 0. The first-order valence-corrected chi connectivity index (χ1v) is 3.46. The topological polar surface area (TPSA) is 90.4 Å². The van der Waals surface area contributed by atoms with Gasteiger partial charge in [0, 0.05) is 0 Å². The van der Waals surface area contributed by atoms with E-state index in [-0.39, 0.29) is 56.9 Å². The molecule has 0 aromatic heterocycles. The van der Waals surface area contributed by atoms with Crippen LogP contribution in [0.25, 0.3) is 0 Å². The smallest absolute Gasteiger partial charge is 0.870 e. The van der Waals surface area contributed by atoms with Crippen LogP contribution >= 0.6 is 8.25 Å². The average Bonchev–Trinajstić information content (AvgIpc) is 1.33. The van der Waals surface area contributed by atoms with Gasteiger partial charge in [-0.15, -0.1) is 0 Å². The van der Waals surface area contributed by atoms with Gasteiger partial charge in [0.15, 0.2) is 0 Å². The second kappa shape index (κ2) is 22.5. The maximum atomic E-state index is 8.59. The molecule has 0 aliphatic carbocycles. The number of rotatable bonds is 0. The molecule has 0 heterocycles. The summed E-state index contributed by atoms with van der Waals surface area (Å²) in [5.74, 6) is 1.06. The molecule has 52 valence electrons. The van der Waals surface area contributed by atoms with Crippen LogP contribution in [-0.4, -0.2) is 16.1 Å². The molecule has 1 unspecified atom stereocenters. The molecule has 0 bridgehead atoms. The fourth-order valence-electron chi connectivity index (χ4n) is 0. The van der Waals surface area contributed by atoms with Crippen molar-refractivity contribution in [1.82, 2.24) is 0 Å². The van der Waals surface area contributed by atoms with E-state index in [1.165, 1.54) is 0 Å². The van der Waals surface area contributed by atoms with Gasteiger partial charge < -0.3 is 10.4 Å². The van der Waals surface area contributed by atoms with Gasteiger partial charge in [-0.25, -0.2) is 0 Å². The van der Waals surface area contributed by atoms with Crippen molar-refractivity contribution in [3.05, 3.63) is 0 Å². The van der Waals surface area contributed by atoms with E-state index < -0.39 is 8.25 Å². The Kier molecular flexibility index (Phi) is 56.1. The minimum atomic E-state index is -3.12. The zero-order chi connectivity index (χ0) is 6.28. The molecule has 0 aliphatic rings. The molecule has 1 atom stereocenters. The van der Waals surface area contributed by atoms with Crippen molar-refractivity contribution in [2.24, 2.45) is 0 Å². The second-order valence-electron chi connectivity index (χ2n) is 0.591. The van der Waals surface area contributed by atoms with Gasteiger partial charge in [0.05, 0.1) is 0 Å². The van der Waals surface area contributed by atoms with E-state index in [0.717, 1.165) is 5.75 Å².